The molecule has 4 atom stereocenters. The standard InChI is InChI=1S/C40H43N5O4/c1-28-37(26-45-21-19-44(20-22-45)25-30-7-3-2-4-8-30)48-40(49-38(28)32-15-13-31(27-46)14-16-32)33-17-11-29(12-18-33)23-42-39(47)36-24-41-34-9-5-6-10-35(34)43-36/h2-18,24,28,37-38,40,46H,19-23,25-27H2,1H3,(H,42,47). The largest absolute Gasteiger partial charge is 0.392 e. The first kappa shape index (κ1) is 33.0. The first-order valence-electron chi connectivity index (χ1n) is 17.1. The van der Waals surface area contributed by atoms with Gasteiger partial charge in [-0.1, -0.05) is 97.9 Å². The third-order valence-electron chi connectivity index (χ3n) is 9.66. The smallest absolute Gasteiger partial charge is 0.271 e. The molecule has 0 bridgehead atoms. The van der Waals surface area contributed by atoms with Gasteiger partial charge in [0.2, 0.25) is 0 Å². The number of aliphatic hydroxyl groups is 1. The number of carbonyl (C=O) groups excluding carboxylic acids is 1. The highest BCUT2D eigenvalue weighted by Gasteiger charge is 2.39. The van der Waals surface area contributed by atoms with E-state index in [1.807, 2.05) is 60.7 Å². The van der Waals surface area contributed by atoms with Crippen molar-refractivity contribution in [3.05, 3.63) is 143 Å². The second kappa shape index (κ2) is 15.4. The molecule has 4 unspecified atom stereocenters. The van der Waals surface area contributed by atoms with Crippen LogP contribution in [0.1, 0.15) is 57.6 Å². The normalized spacial score (nSPS) is 21.8. The number of benzene rings is 4. The van der Waals surface area contributed by atoms with Gasteiger partial charge in [0.05, 0.1) is 36.0 Å². The molecule has 49 heavy (non-hydrogen) atoms. The van der Waals surface area contributed by atoms with E-state index in [-0.39, 0.29) is 36.3 Å². The summed E-state index contributed by atoms with van der Waals surface area (Å²) in [4.78, 5) is 26.7. The molecule has 7 rings (SSSR count). The van der Waals surface area contributed by atoms with E-state index in [4.69, 9.17) is 9.47 Å². The minimum atomic E-state index is -0.542. The van der Waals surface area contributed by atoms with Crippen molar-refractivity contribution in [1.82, 2.24) is 25.1 Å². The monoisotopic (exact) mass is 657 g/mol. The molecule has 2 aliphatic rings. The fourth-order valence-corrected chi connectivity index (χ4v) is 6.69. The van der Waals surface area contributed by atoms with E-state index in [9.17, 15) is 9.90 Å². The SMILES string of the molecule is CC1C(CN2CCN(Cc3ccccc3)CC2)OC(c2ccc(CNC(=O)c3cnc4ccccc4n3)cc2)OC1c1ccc(CO)cc1. The fraction of sp³-hybridized carbons (Fsp3) is 0.325. The lowest BCUT2D eigenvalue weighted by Gasteiger charge is -2.44. The molecule has 5 aromatic rings. The number of piperazine rings is 1. The van der Waals surface area contributed by atoms with Crippen molar-refractivity contribution in [2.45, 2.75) is 45.1 Å². The van der Waals surface area contributed by atoms with Gasteiger partial charge in [-0.2, -0.15) is 0 Å². The molecule has 0 spiro atoms. The summed E-state index contributed by atoms with van der Waals surface area (Å²) >= 11 is 0. The third-order valence-corrected chi connectivity index (χ3v) is 9.66. The van der Waals surface area contributed by atoms with Crippen molar-refractivity contribution < 1.29 is 19.4 Å². The van der Waals surface area contributed by atoms with Crippen molar-refractivity contribution >= 4 is 16.9 Å². The molecule has 0 saturated carbocycles. The van der Waals surface area contributed by atoms with Gasteiger partial charge < -0.3 is 19.9 Å². The topological polar surface area (TPSA) is 100 Å². The number of para-hydroxylation sites is 2. The minimum absolute atomic E-state index is 0.00836. The third kappa shape index (κ3) is 8.04. The zero-order valence-corrected chi connectivity index (χ0v) is 27.8. The Labute approximate surface area is 287 Å². The van der Waals surface area contributed by atoms with Gasteiger partial charge in [-0.25, -0.2) is 4.98 Å². The lowest BCUT2D eigenvalue weighted by Crippen LogP contribution is -2.51. The number of amides is 1. The summed E-state index contributed by atoms with van der Waals surface area (Å²) in [6.07, 6.45) is 0.760. The van der Waals surface area contributed by atoms with E-state index in [0.29, 0.717) is 12.1 Å². The van der Waals surface area contributed by atoms with Crippen molar-refractivity contribution in [1.29, 1.82) is 0 Å². The highest BCUT2D eigenvalue weighted by molar-refractivity contribution is 5.93. The van der Waals surface area contributed by atoms with E-state index in [1.54, 1.807) is 0 Å². The van der Waals surface area contributed by atoms with Crippen LogP contribution in [0.15, 0.2) is 109 Å². The van der Waals surface area contributed by atoms with E-state index in [2.05, 4.69) is 74.5 Å². The molecule has 3 heterocycles. The Bertz CT molecular complexity index is 1830. The number of hydrogen-bond donors (Lipinski definition) is 2. The molecule has 1 aromatic heterocycles. The highest BCUT2D eigenvalue weighted by Crippen LogP contribution is 2.42. The summed E-state index contributed by atoms with van der Waals surface area (Å²) in [5.74, 6) is -0.152. The van der Waals surface area contributed by atoms with Crippen LogP contribution in [0, 0.1) is 5.92 Å². The average Bonchev–Trinajstić information content (AvgIpc) is 3.16. The summed E-state index contributed by atoms with van der Waals surface area (Å²) in [5, 5.41) is 12.6. The minimum Gasteiger partial charge on any atom is -0.392 e. The van der Waals surface area contributed by atoms with Crippen LogP contribution in [0.2, 0.25) is 0 Å². The van der Waals surface area contributed by atoms with Crippen LogP contribution in [0.4, 0.5) is 0 Å². The Morgan fingerprint density at radius 1 is 0.776 bits per heavy atom. The van der Waals surface area contributed by atoms with E-state index in [0.717, 1.165) is 67.0 Å². The second-order valence-corrected chi connectivity index (χ2v) is 13.1. The molecular weight excluding hydrogens is 614 g/mol. The first-order valence-corrected chi connectivity index (χ1v) is 17.1. The van der Waals surface area contributed by atoms with Crippen LogP contribution in [-0.2, 0) is 29.2 Å². The molecule has 4 aromatic carbocycles. The molecule has 1 amide bonds. The zero-order chi connectivity index (χ0) is 33.6. The molecule has 2 aliphatic heterocycles. The Morgan fingerprint density at radius 3 is 2.16 bits per heavy atom. The van der Waals surface area contributed by atoms with Crippen LogP contribution in [0.5, 0.6) is 0 Å². The molecule has 0 aliphatic carbocycles. The van der Waals surface area contributed by atoms with E-state index >= 15 is 0 Å². The Hall–Kier alpha value is -4.51. The number of nitrogens with one attached hydrogen (secondary N) is 1. The molecular formula is C40H43N5O4. The first-order chi connectivity index (χ1) is 24.0. The number of ether oxygens (including phenoxy) is 2. The maximum atomic E-state index is 12.8. The predicted octanol–water partition coefficient (Wildman–Crippen LogP) is 5.66. The van der Waals surface area contributed by atoms with Gasteiger partial charge in [0.15, 0.2) is 6.29 Å². The predicted molar refractivity (Wildman–Crippen MR) is 188 cm³/mol. The van der Waals surface area contributed by atoms with Crippen LogP contribution in [0.25, 0.3) is 11.0 Å². The molecule has 252 valence electrons. The number of nitrogens with zero attached hydrogens (tertiary/aromatic N) is 4. The maximum absolute atomic E-state index is 12.8. The summed E-state index contributed by atoms with van der Waals surface area (Å²) < 4.78 is 13.4. The van der Waals surface area contributed by atoms with Gasteiger partial charge in [-0.15, -0.1) is 0 Å². The van der Waals surface area contributed by atoms with Crippen LogP contribution in [-0.4, -0.2) is 69.6 Å². The molecule has 2 N–H and O–H groups in total. The summed E-state index contributed by atoms with van der Waals surface area (Å²) in [5.41, 5.74) is 6.91. The van der Waals surface area contributed by atoms with Crippen LogP contribution >= 0.6 is 0 Å². The molecule has 2 fully saturated rings. The van der Waals surface area contributed by atoms with Gasteiger partial charge in [0, 0.05) is 57.3 Å². The van der Waals surface area contributed by atoms with Crippen LogP contribution < -0.4 is 5.32 Å². The lowest BCUT2D eigenvalue weighted by atomic mass is 9.90. The Morgan fingerprint density at radius 2 is 1.43 bits per heavy atom. The molecule has 9 heteroatoms. The van der Waals surface area contributed by atoms with Crippen LogP contribution in [0.3, 0.4) is 0 Å². The van der Waals surface area contributed by atoms with E-state index < -0.39 is 6.29 Å². The lowest BCUT2D eigenvalue weighted by molar-refractivity contribution is -0.276. The molecule has 9 nitrogen and oxygen atoms in total. The van der Waals surface area contributed by atoms with Gasteiger partial charge >= 0.3 is 0 Å². The van der Waals surface area contributed by atoms with Crippen molar-refractivity contribution in [3.8, 4) is 0 Å². The van der Waals surface area contributed by atoms with Crippen molar-refractivity contribution in [2.75, 3.05) is 32.7 Å². The van der Waals surface area contributed by atoms with Gasteiger partial charge in [-0.3, -0.25) is 19.6 Å². The quantitative estimate of drug-likeness (QED) is 0.199. The van der Waals surface area contributed by atoms with Crippen molar-refractivity contribution in [2.24, 2.45) is 5.92 Å². The fourth-order valence-electron chi connectivity index (χ4n) is 6.69. The number of carbonyl (C=O) groups is 1. The zero-order valence-electron chi connectivity index (χ0n) is 27.8. The average molecular weight is 658 g/mol. The van der Waals surface area contributed by atoms with Gasteiger partial charge in [0.25, 0.3) is 5.91 Å². The number of fused-ring (bicyclic) bond motifs is 1. The number of aromatic nitrogens is 2. The molecule has 0 radical (unpaired) electrons. The number of hydrogen-bond acceptors (Lipinski definition) is 8. The van der Waals surface area contributed by atoms with Gasteiger partial charge in [-0.05, 0) is 34.4 Å². The number of aliphatic hydroxyl groups excluding tert-OH is 1. The highest BCUT2D eigenvalue weighted by atomic mass is 16.7. The summed E-state index contributed by atoms with van der Waals surface area (Å²) in [6.45, 7) is 8.41. The van der Waals surface area contributed by atoms with E-state index in [1.165, 1.54) is 11.8 Å². The Kier molecular flexibility index (Phi) is 10.3. The van der Waals surface area contributed by atoms with Crippen molar-refractivity contribution in [3.63, 3.8) is 0 Å². The second-order valence-electron chi connectivity index (χ2n) is 13.1. The summed E-state index contributed by atoms with van der Waals surface area (Å²) in [6, 6.07) is 34.2. The molecule has 2 saturated heterocycles. The Balaban J connectivity index is 1.01. The maximum Gasteiger partial charge on any atom is 0.271 e. The number of rotatable bonds is 10. The summed E-state index contributed by atoms with van der Waals surface area (Å²) in [7, 11) is 0. The van der Waals surface area contributed by atoms with Gasteiger partial charge in [0.1, 0.15) is 5.69 Å².